The number of benzene rings is 1. The van der Waals surface area contributed by atoms with Crippen LogP contribution in [-0.4, -0.2) is 41.3 Å². The molecule has 1 heterocycles. The molecule has 281 valence electrons. The first kappa shape index (κ1) is 45.6. The fourth-order valence-corrected chi connectivity index (χ4v) is 6.59. The highest BCUT2D eigenvalue weighted by molar-refractivity contribution is 7.81. The predicted octanol–water partition coefficient (Wildman–Crippen LogP) is 11.0. The van der Waals surface area contributed by atoms with Crippen molar-refractivity contribution in [3.8, 4) is 0 Å². The standard InChI is InChI=1S/C27H43BNO2S.C8H16O2.C7H16/c1-8-11-19-16-21(17-19)29-23-18-20(28-31-25(4,5)26(6,7)32)12-13-22(23)27(14-9-2,15-10-3)24(29)30;1-6(2)7(9)10-8(3,4)5;1-4-6-7(3)5-2/h12-13,18-19,21,32H,8-11,14-17H2,1-7H3;6H,1-5H3;7H,4-6H2,1-3H3/t;;7-/m..1/s1. The quantitative estimate of drug-likeness (QED) is 0.112. The Hall–Kier alpha value is -1.47. The summed E-state index contributed by atoms with van der Waals surface area (Å²) in [7, 11) is 1.85. The van der Waals surface area contributed by atoms with Gasteiger partial charge in [0.05, 0.1) is 16.9 Å². The molecule has 2 aliphatic rings. The summed E-state index contributed by atoms with van der Waals surface area (Å²) in [4.78, 5) is 27.1. The zero-order chi connectivity index (χ0) is 37.8. The first-order valence-corrected chi connectivity index (χ1v) is 20.0. The van der Waals surface area contributed by atoms with Crippen LogP contribution >= 0.6 is 12.6 Å². The van der Waals surface area contributed by atoms with Gasteiger partial charge in [0.15, 0.2) is 0 Å². The zero-order valence-corrected chi connectivity index (χ0v) is 35.3. The van der Waals surface area contributed by atoms with E-state index in [1.807, 2.05) is 42.1 Å². The maximum Gasteiger partial charge on any atom is 0.330 e. The molecule has 0 spiro atoms. The van der Waals surface area contributed by atoms with E-state index in [0.29, 0.717) is 11.9 Å². The van der Waals surface area contributed by atoms with Crippen molar-refractivity contribution in [2.75, 3.05) is 4.90 Å². The number of esters is 1. The number of hydrogen-bond donors (Lipinski definition) is 1. The van der Waals surface area contributed by atoms with Gasteiger partial charge in [0.2, 0.25) is 5.91 Å². The van der Waals surface area contributed by atoms with Gasteiger partial charge in [0.1, 0.15) is 5.60 Å². The molecule has 0 unspecified atom stereocenters. The average Bonchev–Trinajstić information content (AvgIpc) is 3.20. The number of anilines is 1. The number of carbonyl (C=O) groups is 2. The molecule has 1 fully saturated rings. The Balaban J connectivity index is 0.000000582. The topological polar surface area (TPSA) is 55.8 Å². The van der Waals surface area contributed by atoms with Crippen LogP contribution < -0.4 is 10.4 Å². The molecule has 3 rings (SSSR count). The second-order valence-corrected chi connectivity index (χ2v) is 18.2. The van der Waals surface area contributed by atoms with Gasteiger partial charge in [-0.3, -0.25) is 9.59 Å². The summed E-state index contributed by atoms with van der Waals surface area (Å²) in [5.41, 5.74) is 2.25. The monoisotopic (exact) mass is 701 g/mol. The Morgan fingerprint density at radius 3 is 1.90 bits per heavy atom. The third-order valence-corrected chi connectivity index (χ3v) is 10.9. The molecular formula is C42H75BNO4S. The number of nitrogens with zero attached hydrogens (tertiary/aromatic N) is 1. The number of carbonyl (C=O) groups excluding carboxylic acids is 2. The van der Waals surface area contributed by atoms with Gasteiger partial charge in [-0.05, 0) is 97.6 Å². The van der Waals surface area contributed by atoms with E-state index in [1.54, 1.807) is 0 Å². The highest BCUT2D eigenvalue weighted by Crippen LogP contribution is 2.51. The van der Waals surface area contributed by atoms with E-state index in [9.17, 15) is 9.59 Å². The highest BCUT2D eigenvalue weighted by Gasteiger charge is 2.53. The molecule has 7 heteroatoms. The van der Waals surface area contributed by atoms with Crippen molar-refractivity contribution in [2.24, 2.45) is 17.8 Å². The lowest BCUT2D eigenvalue weighted by atomic mass is 9.73. The fraction of sp³-hybridized carbons (Fsp3) is 0.810. The second kappa shape index (κ2) is 20.0. The molecule has 0 aromatic heterocycles. The average molecular weight is 701 g/mol. The molecule has 0 N–H and O–H groups in total. The summed E-state index contributed by atoms with van der Waals surface area (Å²) in [6.45, 7) is 31.0. The number of hydrogen-bond acceptors (Lipinski definition) is 5. The van der Waals surface area contributed by atoms with E-state index in [4.69, 9.17) is 22.0 Å². The lowest BCUT2D eigenvalue weighted by Gasteiger charge is -2.42. The Kier molecular flexibility index (Phi) is 18.6. The second-order valence-electron chi connectivity index (χ2n) is 17.1. The maximum atomic E-state index is 14.0. The van der Waals surface area contributed by atoms with E-state index < -0.39 is 5.60 Å². The smallest absolute Gasteiger partial charge is 0.330 e. The van der Waals surface area contributed by atoms with Crippen LogP contribution in [0.3, 0.4) is 0 Å². The summed E-state index contributed by atoms with van der Waals surface area (Å²) in [5, 5.41) is 0. The SMILES string of the molecule is CC(C)C(=O)OC(C)(C)C.CCCC1CC(N2C(=O)C(CCC)(CCC)c3ccc([B]OC(C)(C)C(C)(C)S)cc32)C1.CCC[C@H](C)CC. The summed E-state index contributed by atoms with van der Waals surface area (Å²) in [6, 6.07) is 6.86. The number of amides is 1. The Morgan fingerprint density at radius 1 is 0.939 bits per heavy atom. The molecule has 0 bridgehead atoms. The van der Waals surface area contributed by atoms with Gasteiger partial charge >= 0.3 is 13.5 Å². The minimum absolute atomic E-state index is 0.0285. The van der Waals surface area contributed by atoms with Gasteiger partial charge in [-0.2, -0.15) is 12.6 Å². The van der Waals surface area contributed by atoms with Crippen molar-refractivity contribution in [1.82, 2.24) is 0 Å². The molecule has 1 aromatic carbocycles. The summed E-state index contributed by atoms with van der Waals surface area (Å²) in [6.07, 6.45) is 12.7. The van der Waals surface area contributed by atoms with Crippen molar-refractivity contribution < 1.29 is 19.0 Å². The van der Waals surface area contributed by atoms with Crippen LogP contribution in [0.25, 0.3) is 0 Å². The number of fused-ring (bicyclic) bond motifs is 1. The van der Waals surface area contributed by atoms with Gasteiger partial charge in [-0.15, -0.1) is 0 Å². The third-order valence-electron chi connectivity index (χ3n) is 10.4. The fourth-order valence-electron chi connectivity index (χ4n) is 6.54. The van der Waals surface area contributed by atoms with Crippen molar-refractivity contribution >= 4 is 43.1 Å². The largest absolute Gasteiger partial charge is 0.460 e. The molecule has 1 aliphatic heterocycles. The summed E-state index contributed by atoms with van der Waals surface area (Å²) in [5.74, 6) is 1.90. The first-order chi connectivity index (χ1) is 22.6. The van der Waals surface area contributed by atoms with Gasteiger partial charge in [0.25, 0.3) is 0 Å². The summed E-state index contributed by atoms with van der Waals surface area (Å²) >= 11 is 4.72. The van der Waals surface area contributed by atoms with Crippen molar-refractivity contribution in [3.63, 3.8) is 0 Å². The molecule has 0 saturated heterocycles. The van der Waals surface area contributed by atoms with Gasteiger partial charge in [-0.25, -0.2) is 0 Å². The minimum Gasteiger partial charge on any atom is -0.460 e. The van der Waals surface area contributed by atoms with E-state index in [1.165, 1.54) is 37.7 Å². The molecule has 1 radical (unpaired) electrons. The van der Waals surface area contributed by atoms with Crippen LogP contribution in [0.4, 0.5) is 5.69 Å². The highest BCUT2D eigenvalue weighted by atomic mass is 32.1. The third kappa shape index (κ3) is 13.2. The number of thiol groups is 1. The normalized spacial score (nSPS) is 19.2. The van der Waals surface area contributed by atoms with E-state index >= 15 is 0 Å². The molecule has 1 amide bonds. The summed E-state index contributed by atoms with van der Waals surface area (Å²) < 4.78 is 11.0. The maximum absolute atomic E-state index is 14.0. The van der Waals surface area contributed by atoms with Gasteiger partial charge in [0, 0.05) is 16.5 Å². The van der Waals surface area contributed by atoms with E-state index in [-0.39, 0.29) is 27.7 Å². The van der Waals surface area contributed by atoms with E-state index in [2.05, 4.69) is 92.3 Å². The van der Waals surface area contributed by atoms with Crippen molar-refractivity contribution in [3.05, 3.63) is 23.8 Å². The number of ether oxygens (including phenoxy) is 1. The van der Waals surface area contributed by atoms with Gasteiger partial charge in [-0.1, -0.05) is 118 Å². The van der Waals surface area contributed by atoms with Crippen LogP contribution in [-0.2, 0) is 24.4 Å². The first-order valence-electron chi connectivity index (χ1n) is 19.6. The Morgan fingerprint density at radius 2 is 1.51 bits per heavy atom. The molecule has 1 aromatic rings. The van der Waals surface area contributed by atoms with E-state index in [0.717, 1.165) is 61.5 Å². The van der Waals surface area contributed by atoms with Crippen molar-refractivity contribution in [1.29, 1.82) is 0 Å². The molecule has 1 aliphatic carbocycles. The molecule has 1 saturated carbocycles. The zero-order valence-electron chi connectivity index (χ0n) is 34.4. The van der Waals surface area contributed by atoms with Gasteiger partial charge < -0.3 is 14.3 Å². The lowest BCUT2D eigenvalue weighted by Crippen LogP contribution is -2.50. The molecule has 1 atom stereocenters. The van der Waals surface area contributed by atoms with Crippen LogP contribution in [0.15, 0.2) is 18.2 Å². The van der Waals surface area contributed by atoms with Crippen LogP contribution in [0.2, 0.25) is 0 Å². The number of rotatable bonds is 15. The van der Waals surface area contributed by atoms with Crippen LogP contribution in [0, 0.1) is 17.8 Å². The van der Waals surface area contributed by atoms with Crippen molar-refractivity contribution in [2.45, 2.75) is 202 Å². The lowest BCUT2D eigenvalue weighted by molar-refractivity contribution is -0.158. The molecule has 5 nitrogen and oxygen atoms in total. The van der Waals surface area contributed by atoms with Crippen LogP contribution in [0.5, 0.6) is 0 Å². The van der Waals surface area contributed by atoms with Crippen LogP contribution in [0.1, 0.15) is 180 Å². The minimum atomic E-state index is -0.417. The predicted molar refractivity (Wildman–Crippen MR) is 216 cm³/mol. The Labute approximate surface area is 309 Å². The molecule has 49 heavy (non-hydrogen) atoms. The Bertz CT molecular complexity index is 1140. The molecular weight excluding hydrogens is 625 g/mol.